The first-order valence-corrected chi connectivity index (χ1v) is 11.4. The Hall–Kier alpha value is -3.64. The monoisotopic (exact) mass is 500 g/mol. The Morgan fingerprint density at radius 1 is 1.42 bits per heavy atom. The van der Waals surface area contributed by atoms with Crippen LogP contribution in [-0.4, -0.2) is 83.3 Å². The zero-order chi connectivity index (χ0) is 24.0. The zero-order valence-electron chi connectivity index (χ0n) is 16.4. The number of nitrogens with one attached hydrogen (secondary N) is 1. The SMILES string of the molecule is Nc1nc(/C(=N/OC2(C(=O)O)CC2)C(=O)N[C@@H]2C(=O)N(S(=O)(=O)O)[C@@H]2Cn2cncn2)cs1. The number of rotatable bonds is 9. The molecule has 2 amide bonds. The number of hydrogen-bond acceptors (Lipinski definition) is 12. The lowest BCUT2D eigenvalue weighted by Crippen LogP contribution is -2.73. The molecule has 1 saturated carbocycles. The molecular weight excluding hydrogens is 484 g/mol. The molecule has 0 bridgehead atoms. The smallest absolute Gasteiger partial charge is 0.362 e. The lowest BCUT2D eigenvalue weighted by Gasteiger charge is -2.43. The van der Waals surface area contributed by atoms with Gasteiger partial charge in [-0.1, -0.05) is 5.16 Å². The highest BCUT2D eigenvalue weighted by atomic mass is 32.2. The minimum atomic E-state index is -4.91. The van der Waals surface area contributed by atoms with E-state index in [4.69, 9.17) is 10.6 Å². The molecule has 1 saturated heterocycles. The van der Waals surface area contributed by atoms with Crippen molar-refractivity contribution in [2.24, 2.45) is 5.16 Å². The maximum absolute atomic E-state index is 13.0. The molecule has 176 valence electrons. The van der Waals surface area contributed by atoms with Gasteiger partial charge in [0, 0.05) is 18.2 Å². The van der Waals surface area contributed by atoms with E-state index in [9.17, 15) is 32.5 Å². The first-order chi connectivity index (χ1) is 15.5. The van der Waals surface area contributed by atoms with E-state index in [1.807, 2.05) is 0 Å². The number of aromatic nitrogens is 4. The molecule has 0 radical (unpaired) electrons. The molecule has 0 spiro atoms. The number of hydrogen-bond donors (Lipinski definition) is 4. The summed E-state index contributed by atoms with van der Waals surface area (Å²) in [5, 5.41) is 20.5. The van der Waals surface area contributed by atoms with Gasteiger partial charge in [0.1, 0.15) is 24.4 Å². The van der Waals surface area contributed by atoms with Crippen molar-refractivity contribution in [3.63, 3.8) is 0 Å². The van der Waals surface area contributed by atoms with Crippen molar-refractivity contribution in [3.05, 3.63) is 23.7 Å². The summed E-state index contributed by atoms with van der Waals surface area (Å²) in [4.78, 5) is 49.4. The third kappa shape index (κ3) is 4.34. The third-order valence-electron chi connectivity index (χ3n) is 4.93. The molecule has 2 fully saturated rings. The zero-order valence-corrected chi connectivity index (χ0v) is 18.1. The fourth-order valence-corrected chi connectivity index (χ4v) is 4.48. The van der Waals surface area contributed by atoms with Crippen molar-refractivity contribution < 1.29 is 37.3 Å². The minimum Gasteiger partial charge on any atom is -0.478 e. The highest BCUT2D eigenvalue weighted by Gasteiger charge is 2.56. The molecule has 18 heteroatoms. The summed E-state index contributed by atoms with van der Waals surface area (Å²) in [6.07, 6.45) is 2.80. The van der Waals surface area contributed by atoms with Gasteiger partial charge in [-0.15, -0.1) is 11.3 Å². The molecule has 2 aromatic heterocycles. The number of nitrogen functional groups attached to an aromatic ring is 1. The van der Waals surface area contributed by atoms with Crippen LogP contribution in [0.1, 0.15) is 18.5 Å². The van der Waals surface area contributed by atoms with Gasteiger partial charge < -0.3 is 21.0 Å². The molecule has 0 unspecified atom stereocenters. The molecular formula is C15H16N8O8S2. The molecule has 5 N–H and O–H groups in total. The van der Waals surface area contributed by atoms with Gasteiger partial charge in [0.05, 0.1) is 12.6 Å². The summed E-state index contributed by atoms with van der Waals surface area (Å²) >= 11 is 0.980. The number of carboxylic acids is 1. The van der Waals surface area contributed by atoms with E-state index in [1.54, 1.807) is 0 Å². The van der Waals surface area contributed by atoms with E-state index in [0.29, 0.717) is 0 Å². The Labute approximate surface area is 188 Å². The lowest BCUT2D eigenvalue weighted by atomic mass is 9.98. The Morgan fingerprint density at radius 3 is 2.67 bits per heavy atom. The Bertz CT molecular complexity index is 1240. The van der Waals surface area contributed by atoms with Gasteiger partial charge in [-0.25, -0.2) is 19.1 Å². The van der Waals surface area contributed by atoms with Crippen molar-refractivity contribution >= 4 is 50.3 Å². The van der Waals surface area contributed by atoms with E-state index < -0.39 is 51.5 Å². The topological polar surface area (TPSA) is 232 Å². The number of nitrogens with zero attached hydrogens (tertiary/aromatic N) is 6. The van der Waals surface area contributed by atoms with Gasteiger partial charge in [-0.05, 0) is 0 Å². The summed E-state index contributed by atoms with van der Waals surface area (Å²) in [6.45, 7) is -0.217. The van der Waals surface area contributed by atoms with Crippen LogP contribution in [0.25, 0.3) is 0 Å². The summed E-state index contributed by atoms with van der Waals surface area (Å²) in [7, 11) is -4.91. The van der Waals surface area contributed by atoms with Crippen molar-refractivity contribution in [1.29, 1.82) is 0 Å². The largest absolute Gasteiger partial charge is 0.478 e. The van der Waals surface area contributed by atoms with Gasteiger partial charge >= 0.3 is 16.3 Å². The quantitative estimate of drug-likeness (QED) is 0.125. The van der Waals surface area contributed by atoms with E-state index in [2.05, 4.69) is 25.5 Å². The summed E-state index contributed by atoms with van der Waals surface area (Å²) < 4.78 is 34.0. The van der Waals surface area contributed by atoms with Gasteiger partial charge in [-0.3, -0.25) is 18.8 Å². The third-order valence-corrected chi connectivity index (χ3v) is 6.55. The van der Waals surface area contributed by atoms with Gasteiger partial charge in [0.25, 0.3) is 11.8 Å². The fraction of sp³-hybridized carbons (Fsp3) is 0.400. The predicted octanol–water partition coefficient (Wildman–Crippen LogP) is -2.15. The number of amides is 2. The van der Waals surface area contributed by atoms with Crippen LogP contribution < -0.4 is 11.1 Å². The number of oxime groups is 1. The maximum atomic E-state index is 13.0. The summed E-state index contributed by atoms with van der Waals surface area (Å²) in [6, 6.07) is -2.62. The number of carbonyl (C=O) groups excluding carboxylic acids is 2. The fourth-order valence-electron chi connectivity index (χ4n) is 3.06. The summed E-state index contributed by atoms with van der Waals surface area (Å²) in [5.74, 6) is -3.36. The molecule has 2 atom stereocenters. The average Bonchev–Trinajstić information content (AvgIpc) is 3.12. The average molecular weight is 500 g/mol. The van der Waals surface area contributed by atoms with E-state index in [0.717, 1.165) is 11.3 Å². The molecule has 1 aliphatic carbocycles. The number of anilines is 1. The number of carbonyl (C=O) groups is 3. The number of β-lactam (4-membered cyclic amide) rings is 1. The predicted molar refractivity (Wildman–Crippen MR) is 108 cm³/mol. The van der Waals surface area contributed by atoms with Gasteiger partial charge in [0.2, 0.25) is 5.60 Å². The van der Waals surface area contributed by atoms with Crippen molar-refractivity contribution in [3.8, 4) is 0 Å². The normalized spacial score (nSPS) is 21.9. The first kappa shape index (κ1) is 22.6. The molecule has 2 aromatic rings. The second kappa shape index (κ2) is 8.05. The first-order valence-electron chi connectivity index (χ1n) is 9.17. The van der Waals surface area contributed by atoms with Crippen LogP contribution in [0, 0.1) is 0 Å². The minimum absolute atomic E-state index is 0.0394. The van der Waals surface area contributed by atoms with E-state index in [-0.39, 0.29) is 34.5 Å². The van der Waals surface area contributed by atoms with Crippen LogP contribution in [0.4, 0.5) is 5.13 Å². The van der Waals surface area contributed by atoms with Gasteiger partial charge in [0.15, 0.2) is 10.8 Å². The lowest BCUT2D eigenvalue weighted by molar-refractivity contribution is -0.153. The molecule has 4 rings (SSSR count). The second-order valence-electron chi connectivity index (χ2n) is 7.15. The highest BCUT2D eigenvalue weighted by Crippen LogP contribution is 2.40. The number of carboxylic acid groups (broad SMARTS) is 1. The van der Waals surface area contributed by atoms with Crippen LogP contribution in [-0.2, 0) is 36.1 Å². The maximum Gasteiger partial charge on any atom is 0.362 e. The van der Waals surface area contributed by atoms with Crippen LogP contribution in [0.5, 0.6) is 0 Å². The van der Waals surface area contributed by atoms with Crippen molar-refractivity contribution in [2.45, 2.75) is 37.1 Å². The second-order valence-corrected chi connectivity index (χ2v) is 9.33. The van der Waals surface area contributed by atoms with Crippen LogP contribution in [0.15, 0.2) is 23.2 Å². The molecule has 16 nitrogen and oxygen atoms in total. The van der Waals surface area contributed by atoms with Crippen molar-refractivity contribution in [2.75, 3.05) is 5.73 Å². The van der Waals surface area contributed by atoms with Gasteiger partial charge in [-0.2, -0.15) is 13.5 Å². The molecule has 0 aromatic carbocycles. The Balaban J connectivity index is 1.58. The molecule has 2 aliphatic rings. The highest BCUT2D eigenvalue weighted by molar-refractivity contribution is 7.84. The van der Waals surface area contributed by atoms with Crippen LogP contribution in [0.2, 0.25) is 0 Å². The molecule has 33 heavy (non-hydrogen) atoms. The standard InChI is InChI=1S/C15H16N8O8S2/c16-14-19-7(4-32-14)9(21-31-15(1-2-15)13(26)27)11(24)20-10-8(3-22-6-17-5-18-22)23(12(10)25)33(28,29)30/h4-6,8,10H,1-3H2,(H2,16,19)(H,20,24)(H,26,27)(H,28,29,30)/b21-9-/t8-,10+/m1/s1. The molecule has 3 heterocycles. The number of nitrogens with two attached hydrogens (primary N) is 1. The number of aliphatic carboxylic acids is 1. The number of thiazole rings is 1. The van der Waals surface area contributed by atoms with Crippen LogP contribution >= 0.6 is 11.3 Å². The summed E-state index contributed by atoms with van der Waals surface area (Å²) in [5.41, 5.74) is 3.54. The Kier molecular flexibility index (Phi) is 5.50. The van der Waals surface area contributed by atoms with Crippen LogP contribution in [0.3, 0.4) is 0 Å². The Morgan fingerprint density at radius 2 is 2.15 bits per heavy atom. The van der Waals surface area contributed by atoms with E-state index in [1.165, 1.54) is 22.7 Å². The van der Waals surface area contributed by atoms with Crippen molar-refractivity contribution in [1.82, 2.24) is 29.4 Å². The van der Waals surface area contributed by atoms with E-state index >= 15 is 0 Å². The molecule has 1 aliphatic heterocycles.